The zero-order chi connectivity index (χ0) is 11.2. The summed E-state index contributed by atoms with van der Waals surface area (Å²) in [7, 11) is 0. The Hall–Kier alpha value is -1.78. The molecule has 4 rings (SSSR count). The number of hydrogen-bond donors (Lipinski definition) is 1. The summed E-state index contributed by atoms with van der Waals surface area (Å²) in [5.41, 5.74) is 3.34. The van der Waals surface area contributed by atoms with Crippen LogP contribution in [0.15, 0.2) is 48.2 Å². The average molecular weight is 276 g/mol. The molecule has 90 valence electrons. The Morgan fingerprint density at radius 2 is 2.11 bits per heavy atom. The molecule has 0 aliphatic carbocycles. The minimum atomic E-state index is 0. The predicted molar refractivity (Wildman–Crippen MR) is 77.6 cm³/mol. The van der Waals surface area contributed by atoms with Crippen LogP contribution in [-0.2, 0) is 0 Å². The molecule has 0 radical (unpaired) electrons. The summed E-state index contributed by atoms with van der Waals surface area (Å²) in [6.45, 7) is 0. The minimum Gasteiger partial charge on any atom is -0.360 e. The van der Waals surface area contributed by atoms with Crippen molar-refractivity contribution < 1.29 is 0 Å². The van der Waals surface area contributed by atoms with Crippen LogP contribution in [0.5, 0.6) is 0 Å². The lowest BCUT2D eigenvalue weighted by Gasteiger charge is -1.92. The second-order valence-electron chi connectivity index (χ2n) is 3.97. The maximum atomic E-state index is 4.63. The number of halogens is 1. The standard InChI is InChI=1S/C13H9N3S.ClH/c1-2-4-11-9(3-1)10(7-14-11)12-8-16-5-6-17-13(16)15-12;/h1-8,14H;1H. The maximum absolute atomic E-state index is 4.63. The smallest absolute Gasteiger partial charge is 0.194 e. The number of nitrogens with one attached hydrogen (secondary N) is 1. The summed E-state index contributed by atoms with van der Waals surface area (Å²) in [4.78, 5) is 8.94. The van der Waals surface area contributed by atoms with Crippen LogP contribution in [0.3, 0.4) is 0 Å². The van der Waals surface area contributed by atoms with Gasteiger partial charge in [0.2, 0.25) is 0 Å². The zero-order valence-corrected chi connectivity index (χ0v) is 11.0. The van der Waals surface area contributed by atoms with Gasteiger partial charge in [-0.05, 0) is 6.07 Å². The van der Waals surface area contributed by atoms with E-state index in [1.54, 1.807) is 11.3 Å². The molecular weight excluding hydrogens is 266 g/mol. The van der Waals surface area contributed by atoms with Crippen LogP contribution in [0.2, 0.25) is 0 Å². The highest BCUT2D eigenvalue weighted by Crippen LogP contribution is 2.28. The highest BCUT2D eigenvalue weighted by Gasteiger charge is 2.09. The molecule has 0 unspecified atom stereocenters. The Balaban J connectivity index is 0.000001000. The van der Waals surface area contributed by atoms with Crippen LogP contribution in [0.1, 0.15) is 0 Å². The third kappa shape index (κ3) is 1.54. The predicted octanol–water partition coefficient (Wildman–Crippen LogP) is 3.97. The Morgan fingerprint density at radius 3 is 3.00 bits per heavy atom. The van der Waals surface area contributed by atoms with Crippen molar-refractivity contribution in [2.45, 2.75) is 0 Å². The molecule has 3 nitrogen and oxygen atoms in total. The fourth-order valence-corrected chi connectivity index (χ4v) is 2.84. The molecule has 1 aromatic carbocycles. The zero-order valence-electron chi connectivity index (χ0n) is 9.33. The fraction of sp³-hybridized carbons (Fsp3) is 0. The van der Waals surface area contributed by atoms with E-state index in [-0.39, 0.29) is 12.4 Å². The van der Waals surface area contributed by atoms with Gasteiger partial charge in [-0.15, -0.1) is 23.7 Å². The molecule has 3 aromatic heterocycles. The maximum Gasteiger partial charge on any atom is 0.194 e. The average Bonchev–Trinajstić information content (AvgIpc) is 3.01. The number of aromatic amines is 1. The molecule has 0 atom stereocenters. The summed E-state index contributed by atoms with van der Waals surface area (Å²) in [6, 6.07) is 8.29. The Morgan fingerprint density at radius 1 is 1.22 bits per heavy atom. The molecule has 0 saturated heterocycles. The van der Waals surface area contributed by atoms with Gasteiger partial charge in [0.05, 0.1) is 5.69 Å². The van der Waals surface area contributed by atoms with Gasteiger partial charge in [-0.25, -0.2) is 4.98 Å². The van der Waals surface area contributed by atoms with E-state index in [1.807, 2.05) is 23.8 Å². The lowest BCUT2D eigenvalue weighted by atomic mass is 10.1. The largest absolute Gasteiger partial charge is 0.360 e. The first-order valence-corrected chi connectivity index (χ1v) is 6.28. The van der Waals surface area contributed by atoms with E-state index < -0.39 is 0 Å². The van der Waals surface area contributed by atoms with Crippen molar-refractivity contribution in [2.24, 2.45) is 0 Å². The molecular formula is C13H10ClN3S. The molecule has 1 N–H and O–H groups in total. The molecule has 0 bridgehead atoms. The molecule has 18 heavy (non-hydrogen) atoms. The van der Waals surface area contributed by atoms with Gasteiger partial charge in [-0.1, -0.05) is 18.2 Å². The Kier molecular flexibility index (Phi) is 2.61. The van der Waals surface area contributed by atoms with Crippen molar-refractivity contribution in [3.8, 4) is 11.3 Å². The SMILES string of the molecule is Cl.c1ccc2c(-c3cn4ccsc4n3)c[nH]c2c1. The number of thiazole rings is 1. The van der Waals surface area contributed by atoms with Gasteiger partial charge in [0, 0.05) is 40.4 Å². The van der Waals surface area contributed by atoms with E-state index in [4.69, 9.17) is 0 Å². The van der Waals surface area contributed by atoms with E-state index >= 15 is 0 Å². The molecule has 0 aliphatic rings. The molecule has 0 amide bonds. The molecule has 0 aliphatic heterocycles. The van der Waals surface area contributed by atoms with E-state index in [0.29, 0.717) is 0 Å². The number of rotatable bonds is 1. The Bertz CT molecular complexity index is 783. The molecule has 4 aromatic rings. The fourth-order valence-electron chi connectivity index (χ4n) is 2.14. The van der Waals surface area contributed by atoms with E-state index in [1.165, 1.54) is 5.39 Å². The van der Waals surface area contributed by atoms with Crippen LogP contribution in [0.25, 0.3) is 27.1 Å². The van der Waals surface area contributed by atoms with Crippen molar-refractivity contribution in [1.82, 2.24) is 14.4 Å². The number of imidazole rings is 1. The van der Waals surface area contributed by atoms with Crippen LogP contribution in [-0.4, -0.2) is 14.4 Å². The number of aromatic nitrogens is 3. The molecule has 0 fully saturated rings. The molecule has 0 saturated carbocycles. The lowest BCUT2D eigenvalue weighted by molar-refractivity contribution is 1.23. The van der Waals surface area contributed by atoms with Gasteiger partial charge in [-0.3, -0.25) is 4.40 Å². The second kappa shape index (κ2) is 4.15. The van der Waals surface area contributed by atoms with Crippen molar-refractivity contribution in [3.63, 3.8) is 0 Å². The first kappa shape index (κ1) is 11.3. The minimum absolute atomic E-state index is 0. The first-order chi connectivity index (χ1) is 8.42. The highest BCUT2D eigenvalue weighted by atomic mass is 35.5. The number of nitrogens with zero attached hydrogens (tertiary/aromatic N) is 2. The summed E-state index contributed by atoms with van der Waals surface area (Å²) in [6.07, 6.45) is 6.13. The number of hydrogen-bond acceptors (Lipinski definition) is 2. The number of fused-ring (bicyclic) bond motifs is 2. The summed E-state index contributed by atoms with van der Waals surface area (Å²) in [5.74, 6) is 0. The van der Waals surface area contributed by atoms with E-state index in [2.05, 4.69) is 38.8 Å². The summed E-state index contributed by atoms with van der Waals surface area (Å²) < 4.78 is 2.06. The van der Waals surface area contributed by atoms with Gasteiger partial charge in [0.25, 0.3) is 0 Å². The second-order valence-corrected chi connectivity index (χ2v) is 4.84. The quantitative estimate of drug-likeness (QED) is 0.560. The van der Waals surface area contributed by atoms with Crippen LogP contribution >= 0.6 is 23.7 Å². The van der Waals surface area contributed by atoms with Gasteiger partial charge >= 0.3 is 0 Å². The monoisotopic (exact) mass is 275 g/mol. The molecule has 0 spiro atoms. The molecule has 3 heterocycles. The van der Waals surface area contributed by atoms with Crippen molar-refractivity contribution >= 4 is 39.6 Å². The third-order valence-corrected chi connectivity index (χ3v) is 3.73. The van der Waals surface area contributed by atoms with Gasteiger partial charge < -0.3 is 4.98 Å². The van der Waals surface area contributed by atoms with Gasteiger partial charge in [0.1, 0.15) is 0 Å². The van der Waals surface area contributed by atoms with Crippen molar-refractivity contribution in [3.05, 3.63) is 48.2 Å². The normalized spacial score (nSPS) is 10.9. The summed E-state index contributed by atoms with van der Waals surface area (Å²) in [5, 5.41) is 3.26. The van der Waals surface area contributed by atoms with Gasteiger partial charge in [-0.2, -0.15) is 0 Å². The number of benzene rings is 1. The lowest BCUT2D eigenvalue weighted by Crippen LogP contribution is -1.73. The van der Waals surface area contributed by atoms with Crippen LogP contribution < -0.4 is 0 Å². The van der Waals surface area contributed by atoms with E-state index in [9.17, 15) is 0 Å². The topological polar surface area (TPSA) is 33.1 Å². The summed E-state index contributed by atoms with van der Waals surface area (Å²) >= 11 is 1.65. The number of para-hydroxylation sites is 1. The van der Waals surface area contributed by atoms with E-state index in [0.717, 1.165) is 21.7 Å². The molecule has 5 heteroatoms. The van der Waals surface area contributed by atoms with Gasteiger partial charge in [0.15, 0.2) is 4.96 Å². The van der Waals surface area contributed by atoms with Crippen molar-refractivity contribution in [1.29, 1.82) is 0 Å². The Labute approximate surface area is 114 Å². The van der Waals surface area contributed by atoms with Crippen LogP contribution in [0.4, 0.5) is 0 Å². The third-order valence-electron chi connectivity index (χ3n) is 2.96. The van der Waals surface area contributed by atoms with Crippen molar-refractivity contribution in [2.75, 3.05) is 0 Å². The number of H-pyrrole nitrogens is 1. The first-order valence-electron chi connectivity index (χ1n) is 5.40. The highest BCUT2D eigenvalue weighted by molar-refractivity contribution is 7.15. The van der Waals surface area contributed by atoms with Crippen LogP contribution in [0, 0.1) is 0 Å².